The molecule has 2 heterocycles. The van der Waals surface area contributed by atoms with Crippen LogP contribution in [0.3, 0.4) is 0 Å². The highest BCUT2D eigenvalue weighted by molar-refractivity contribution is 5.94. The summed E-state index contributed by atoms with van der Waals surface area (Å²) in [6, 6.07) is 7.24. The number of nitrogens with zero attached hydrogens (tertiary/aromatic N) is 1. The first-order valence-corrected chi connectivity index (χ1v) is 5.84. The third kappa shape index (κ3) is 2.94. The van der Waals surface area contributed by atoms with E-state index in [1.165, 1.54) is 0 Å². The lowest BCUT2D eigenvalue weighted by molar-refractivity contribution is 0.0957. The summed E-state index contributed by atoms with van der Waals surface area (Å²) in [7, 11) is 0. The van der Waals surface area contributed by atoms with Crippen LogP contribution in [0.5, 0.6) is 0 Å². The minimum absolute atomic E-state index is 0.00754. The van der Waals surface area contributed by atoms with Gasteiger partial charge in [-0.15, -0.1) is 6.58 Å². The Hall–Kier alpha value is -2.16. The number of rotatable bonds is 5. The standard InChI is InChI=1S/C15H15NO2/c1-11(2)5-6-13(17)15-8-7-14(18-15)12-4-3-9-16-10-12/h3-4,7-10H,1,5-6H2,2H3. The van der Waals surface area contributed by atoms with E-state index in [9.17, 15) is 4.79 Å². The Morgan fingerprint density at radius 1 is 1.33 bits per heavy atom. The molecule has 0 aliphatic heterocycles. The zero-order valence-electron chi connectivity index (χ0n) is 10.3. The Morgan fingerprint density at radius 3 is 2.83 bits per heavy atom. The van der Waals surface area contributed by atoms with E-state index in [0.29, 0.717) is 24.4 Å². The van der Waals surface area contributed by atoms with Crippen LogP contribution in [-0.2, 0) is 0 Å². The number of ketones is 1. The van der Waals surface area contributed by atoms with Crippen molar-refractivity contribution in [3.05, 3.63) is 54.6 Å². The predicted molar refractivity (Wildman–Crippen MR) is 70.3 cm³/mol. The quantitative estimate of drug-likeness (QED) is 0.589. The summed E-state index contributed by atoms with van der Waals surface area (Å²) in [6.07, 6.45) is 4.55. The second kappa shape index (κ2) is 5.45. The highest BCUT2D eigenvalue weighted by Gasteiger charge is 2.11. The van der Waals surface area contributed by atoms with Gasteiger partial charge in [-0.1, -0.05) is 5.57 Å². The Morgan fingerprint density at radius 2 is 2.17 bits per heavy atom. The first-order chi connectivity index (χ1) is 8.66. The number of aromatic nitrogens is 1. The molecule has 0 amide bonds. The number of Topliss-reactive ketones (excluding diaryl/α,β-unsaturated/α-hetero) is 1. The maximum Gasteiger partial charge on any atom is 0.198 e. The summed E-state index contributed by atoms with van der Waals surface area (Å²) in [5.74, 6) is 1.07. The van der Waals surface area contributed by atoms with Crippen molar-refractivity contribution in [3.63, 3.8) is 0 Å². The number of carbonyl (C=O) groups excluding carboxylic acids is 1. The van der Waals surface area contributed by atoms with Gasteiger partial charge in [-0.3, -0.25) is 9.78 Å². The fraction of sp³-hybridized carbons (Fsp3) is 0.200. The molecule has 2 aromatic rings. The Bertz CT molecular complexity index is 555. The molecule has 18 heavy (non-hydrogen) atoms. The van der Waals surface area contributed by atoms with Gasteiger partial charge in [0.15, 0.2) is 11.5 Å². The van der Waals surface area contributed by atoms with Gasteiger partial charge in [0.1, 0.15) is 5.76 Å². The van der Waals surface area contributed by atoms with Crippen molar-refractivity contribution >= 4 is 5.78 Å². The van der Waals surface area contributed by atoms with Crippen molar-refractivity contribution in [1.29, 1.82) is 0 Å². The Kier molecular flexibility index (Phi) is 3.72. The number of hydrogen-bond donors (Lipinski definition) is 0. The van der Waals surface area contributed by atoms with E-state index in [1.807, 2.05) is 19.1 Å². The molecular weight excluding hydrogens is 226 g/mol. The zero-order valence-corrected chi connectivity index (χ0v) is 10.3. The molecule has 0 aromatic carbocycles. The molecule has 0 N–H and O–H groups in total. The zero-order chi connectivity index (χ0) is 13.0. The maximum atomic E-state index is 11.8. The molecule has 92 valence electrons. The van der Waals surface area contributed by atoms with E-state index < -0.39 is 0 Å². The summed E-state index contributed by atoms with van der Waals surface area (Å²) >= 11 is 0. The van der Waals surface area contributed by atoms with Crippen LogP contribution in [0.2, 0.25) is 0 Å². The summed E-state index contributed by atoms with van der Waals surface area (Å²) in [6.45, 7) is 5.70. The minimum atomic E-state index is 0.00754. The third-order valence-electron chi connectivity index (χ3n) is 2.61. The smallest absolute Gasteiger partial charge is 0.198 e. The molecule has 2 aromatic heterocycles. The number of allylic oxidation sites excluding steroid dienone is 1. The molecule has 3 heteroatoms. The molecule has 0 radical (unpaired) electrons. The normalized spacial score (nSPS) is 10.3. The van der Waals surface area contributed by atoms with Crippen LogP contribution in [0.1, 0.15) is 30.3 Å². The third-order valence-corrected chi connectivity index (χ3v) is 2.61. The van der Waals surface area contributed by atoms with Crippen LogP contribution in [0.15, 0.2) is 53.2 Å². The molecule has 3 nitrogen and oxygen atoms in total. The fourth-order valence-electron chi connectivity index (χ4n) is 1.60. The lowest BCUT2D eigenvalue weighted by Crippen LogP contribution is -1.96. The van der Waals surface area contributed by atoms with Gasteiger partial charge in [-0.25, -0.2) is 0 Å². The van der Waals surface area contributed by atoms with Gasteiger partial charge in [0.25, 0.3) is 0 Å². The van der Waals surface area contributed by atoms with Crippen LogP contribution in [0.25, 0.3) is 11.3 Å². The van der Waals surface area contributed by atoms with Crippen molar-refractivity contribution in [2.75, 3.05) is 0 Å². The SMILES string of the molecule is C=C(C)CCC(=O)c1ccc(-c2cccnc2)o1. The van der Waals surface area contributed by atoms with Crippen molar-refractivity contribution in [1.82, 2.24) is 4.98 Å². The lowest BCUT2D eigenvalue weighted by Gasteiger charge is -1.98. The van der Waals surface area contributed by atoms with E-state index in [4.69, 9.17) is 4.42 Å². The van der Waals surface area contributed by atoms with Crippen LogP contribution in [0.4, 0.5) is 0 Å². The van der Waals surface area contributed by atoms with Gasteiger partial charge in [-0.05, 0) is 37.6 Å². The second-order valence-electron chi connectivity index (χ2n) is 4.29. The van der Waals surface area contributed by atoms with Crippen LogP contribution >= 0.6 is 0 Å². The monoisotopic (exact) mass is 241 g/mol. The molecule has 0 aliphatic carbocycles. The summed E-state index contributed by atoms with van der Waals surface area (Å²) in [5.41, 5.74) is 1.87. The van der Waals surface area contributed by atoms with Gasteiger partial charge >= 0.3 is 0 Å². The molecule has 0 unspecified atom stereocenters. The molecular formula is C15H15NO2. The highest BCUT2D eigenvalue weighted by Crippen LogP contribution is 2.22. The van der Waals surface area contributed by atoms with Gasteiger partial charge in [0.2, 0.25) is 0 Å². The molecule has 0 atom stereocenters. The van der Waals surface area contributed by atoms with Gasteiger partial charge in [0.05, 0.1) is 0 Å². The number of pyridine rings is 1. The summed E-state index contributed by atoms with van der Waals surface area (Å²) < 4.78 is 5.54. The average Bonchev–Trinajstić information content (AvgIpc) is 2.86. The van der Waals surface area contributed by atoms with Crippen molar-refractivity contribution in [2.45, 2.75) is 19.8 Å². The van der Waals surface area contributed by atoms with Crippen molar-refractivity contribution in [2.24, 2.45) is 0 Å². The lowest BCUT2D eigenvalue weighted by atomic mass is 10.1. The van der Waals surface area contributed by atoms with Gasteiger partial charge in [0, 0.05) is 24.4 Å². The summed E-state index contributed by atoms with van der Waals surface area (Å²) in [4.78, 5) is 15.9. The van der Waals surface area contributed by atoms with E-state index >= 15 is 0 Å². The Labute approximate surface area is 106 Å². The average molecular weight is 241 g/mol. The van der Waals surface area contributed by atoms with Gasteiger partial charge < -0.3 is 4.42 Å². The van der Waals surface area contributed by atoms with E-state index in [0.717, 1.165) is 11.1 Å². The largest absolute Gasteiger partial charge is 0.453 e. The van der Waals surface area contributed by atoms with Crippen LogP contribution in [-0.4, -0.2) is 10.8 Å². The van der Waals surface area contributed by atoms with Crippen LogP contribution in [0, 0.1) is 0 Å². The van der Waals surface area contributed by atoms with Gasteiger partial charge in [-0.2, -0.15) is 0 Å². The highest BCUT2D eigenvalue weighted by atomic mass is 16.3. The summed E-state index contributed by atoms with van der Waals surface area (Å²) in [5, 5.41) is 0. The number of hydrogen-bond acceptors (Lipinski definition) is 3. The van der Waals surface area contributed by atoms with Crippen LogP contribution < -0.4 is 0 Å². The number of carbonyl (C=O) groups is 1. The van der Waals surface area contributed by atoms with E-state index in [-0.39, 0.29) is 5.78 Å². The Balaban J connectivity index is 2.11. The molecule has 0 fully saturated rings. The maximum absolute atomic E-state index is 11.8. The molecule has 0 saturated heterocycles. The first-order valence-electron chi connectivity index (χ1n) is 5.84. The number of furan rings is 1. The second-order valence-corrected chi connectivity index (χ2v) is 4.29. The first kappa shape index (κ1) is 12.3. The van der Waals surface area contributed by atoms with E-state index in [2.05, 4.69) is 11.6 Å². The molecule has 0 saturated carbocycles. The minimum Gasteiger partial charge on any atom is -0.453 e. The molecule has 2 rings (SSSR count). The van der Waals surface area contributed by atoms with Crippen molar-refractivity contribution in [3.8, 4) is 11.3 Å². The molecule has 0 spiro atoms. The van der Waals surface area contributed by atoms with E-state index in [1.54, 1.807) is 24.5 Å². The predicted octanol–water partition coefficient (Wildman–Crippen LogP) is 3.88. The van der Waals surface area contributed by atoms with Crippen molar-refractivity contribution < 1.29 is 9.21 Å². The molecule has 0 aliphatic rings. The fourth-order valence-corrected chi connectivity index (χ4v) is 1.60. The molecule has 0 bridgehead atoms. The topological polar surface area (TPSA) is 43.1 Å².